The second-order valence-corrected chi connectivity index (χ2v) is 8.11. The van der Waals surface area contributed by atoms with E-state index in [-0.39, 0.29) is 0 Å². The average molecular weight is 351 g/mol. The number of benzene rings is 2. The first kappa shape index (κ1) is 17.6. The molecule has 3 nitrogen and oxygen atoms in total. The summed E-state index contributed by atoms with van der Waals surface area (Å²) in [4.78, 5) is 2.75. The lowest BCUT2D eigenvalue weighted by Gasteiger charge is -2.40. The first-order valence-corrected chi connectivity index (χ1v) is 10.0. The van der Waals surface area contributed by atoms with Gasteiger partial charge in [0.15, 0.2) is 0 Å². The Labute approximate surface area is 157 Å². The number of nitrogens with one attached hydrogen (secondary N) is 1. The third-order valence-electron chi connectivity index (χ3n) is 6.21. The summed E-state index contributed by atoms with van der Waals surface area (Å²) in [5.74, 6) is 0.999. The van der Waals surface area contributed by atoms with Gasteiger partial charge in [-0.05, 0) is 61.8 Å². The van der Waals surface area contributed by atoms with Crippen LogP contribution in [0.5, 0.6) is 5.75 Å². The second-order valence-electron chi connectivity index (χ2n) is 8.11. The van der Waals surface area contributed by atoms with Crippen molar-refractivity contribution >= 4 is 0 Å². The topological polar surface area (TPSA) is 35.5 Å². The molecule has 138 valence electrons. The van der Waals surface area contributed by atoms with E-state index in [9.17, 15) is 5.11 Å². The molecule has 2 aromatic carbocycles. The van der Waals surface area contributed by atoms with Gasteiger partial charge in [-0.25, -0.2) is 0 Å². The van der Waals surface area contributed by atoms with Gasteiger partial charge >= 0.3 is 0 Å². The smallest absolute Gasteiger partial charge is 0.115 e. The fourth-order valence-electron chi connectivity index (χ4n) is 4.89. The zero-order chi connectivity index (χ0) is 17.9. The summed E-state index contributed by atoms with van der Waals surface area (Å²) in [6.07, 6.45) is 5.10. The largest absolute Gasteiger partial charge is 0.508 e. The Kier molecular flexibility index (Phi) is 5.28. The Balaban J connectivity index is 1.33. The van der Waals surface area contributed by atoms with Gasteiger partial charge < -0.3 is 10.4 Å². The molecule has 4 rings (SSSR count). The van der Waals surface area contributed by atoms with E-state index in [0.29, 0.717) is 29.8 Å². The number of aromatic hydroxyl groups is 1. The summed E-state index contributed by atoms with van der Waals surface area (Å²) < 4.78 is 0. The average Bonchev–Trinajstić information content (AvgIpc) is 2.89. The SMILES string of the molecule is CC(CN1[C@@H]2CC[C@H]1CC(c1cccc(O)c1)C2)NCc1ccccc1. The Bertz CT molecular complexity index is 703. The summed E-state index contributed by atoms with van der Waals surface area (Å²) in [6, 6.07) is 20.4. The summed E-state index contributed by atoms with van der Waals surface area (Å²) in [6.45, 7) is 4.38. The van der Waals surface area contributed by atoms with Gasteiger partial charge in [0.25, 0.3) is 0 Å². The van der Waals surface area contributed by atoms with E-state index in [1.54, 1.807) is 6.07 Å². The van der Waals surface area contributed by atoms with Gasteiger partial charge in [0.05, 0.1) is 0 Å². The van der Waals surface area contributed by atoms with Crippen molar-refractivity contribution < 1.29 is 5.11 Å². The van der Waals surface area contributed by atoms with Crippen LogP contribution in [0.4, 0.5) is 0 Å². The highest BCUT2D eigenvalue weighted by atomic mass is 16.3. The Morgan fingerprint density at radius 1 is 1.04 bits per heavy atom. The van der Waals surface area contributed by atoms with Crippen LogP contribution >= 0.6 is 0 Å². The lowest BCUT2D eigenvalue weighted by Crippen LogP contribution is -2.48. The Morgan fingerprint density at radius 2 is 1.77 bits per heavy atom. The maximum Gasteiger partial charge on any atom is 0.115 e. The molecule has 0 saturated carbocycles. The monoisotopic (exact) mass is 350 g/mol. The molecular formula is C23H30N2O. The number of phenolic OH excluding ortho intramolecular Hbond substituents is 1. The molecule has 3 heteroatoms. The molecule has 0 amide bonds. The van der Waals surface area contributed by atoms with Crippen molar-refractivity contribution in [2.75, 3.05) is 6.54 Å². The molecule has 2 N–H and O–H groups in total. The quantitative estimate of drug-likeness (QED) is 0.816. The number of rotatable bonds is 6. The molecule has 4 atom stereocenters. The van der Waals surface area contributed by atoms with E-state index in [0.717, 1.165) is 13.1 Å². The molecule has 2 fully saturated rings. The standard InChI is InChI=1S/C23H30N2O/c1-17(24-15-18-6-3-2-4-7-18)16-25-21-10-11-22(25)13-20(12-21)19-8-5-9-23(26)14-19/h2-9,14,17,20-22,24,26H,10-13,15-16H2,1H3/t17?,20?,21-,22+. The van der Waals surface area contributed by atoms with E-state index < -0.39 is 0 Å². The van der Waals surface area contributed by atoms with Crippen LogP contribution in [0.2, 0.25) is 0 Å². The lowest BCUT2D eigenvalue weighted by atomic mass is 9.85. The molecule has 2 aliphatic heterocycles. The fourth-order valence-corrected chi connectivity index (χ4v) is 4.89. The highest BCUT2D eigenvalue weighted by Gasteiger charge is 2.41. The normalized spacial score (nSPS) is 26.7. The summed E-state index contributed by atoms with van der Waals surface area (Å²) in [5, 5.41) is 13.5. The molecule has 2 unspecified atom stereocenters. The molecule has 0 radical (unpaired) electrons. The minimum absolute atomic E-state index is 0.399. The minimum atomic E-state index is 0.399. The number of piperidine rings is 1. The summed E-state index contributed by atoms with van der Waals surface area (Å²) in [7, 11) is 0. The minimum Gasteiger partial charge on any atom is -0.508 e. The van der Waals surface area contributed by atoms with Crippen LogP contribution in [-0.2, 0) is 6.54 Å². The van der Waals surface area contributed by atoms with Crippen molar-refractivity contribution in [1.29, 1.82) is 0 Å². The number of hydrogen-bond acceptors (Lipinski definition) is 3. The number of nitrogens with zero attached hydrogens (tertiary/aromatic N) is 1. The van der Waals surface area contributed by atoms with E-state index >= 15 is 0 Å². The summed E-state index contributed by atoms with van der Waals surface area (Å²) in [5.41, 5.74) is 2.67. The van der Waals surface area contributed by atoms with Crippen LogP contribution in [0.15, 0.2) is 54.6 Å². The van der Waals surface area contributed by atoms with Crippen LogP contribution in [-0.4, -0.2) is 34.7 Å². The second kappa shape index (κ2) is 7.81. The number of phenols is 1. The van der Waals surface area contributed by atoms with E-state index in [1.807, 2.05) is 12.1 Å². The predicted molar refractivity (Wildman–Crippen MR) is 106 cm³/mol. The van der Waals surface area contributed by atoms with Crippen molar-refractivity contribution in [1.82, 2.24) is 10.2 Å². The van der Waals surface area contributed by atoms with Gasteiger partial charge in [-0.2, -0.15) is 0 Å². The van der Waals surface area contributed by atoms with Crippen molar-refractivity contribution in [2.24, 2.45) is 0 Å². The highest BCUT2D eigenvalue weighted by Crippen LogP contribution is 2.43. The molecule has 0 spiro atoms. The zero-order valence-corrected chi connectivity index (χ0v) is 15.6. The van der Waals surface area contributed by atoms with Crippen molar-refractivity contribution in [3.63, 3.8) is 0 Å². The Morgan fingerprint density at radius 3 is 2.46 bits per heavy atom. The van der Waals surface area contributed by atoms with Gasteiger partial charge in [-0.1, -0.05) is 42.5 Å². The van der Waals surface area contributed by atoms with E-state index in [2.05, 4.69) is 53.5 Å². The van der Waals surface area contributed by atoms with Gasteiger partial charge in [-0.15, -0.1) is 0 Å². The van der Waals surface area contributed by atoms with E-state index in [1.165, 1.54) is 36.8 Å². The molecule has 2 heterocycles. The Hall–Kier alpha value is -1.84. The molecule has 0 aliphatic carbocycles. The number of hydrogen-bond donors (Lipinski definition) is 2. The fraction of sp³-hybridized carbons (Fsp3) is 0.478. The van der Waals surface area contributed by atoms with Crippen molar-refractivity contribution in [3.05, 3.63) is 65.7 Å². The third-order valence-corrected chi connectivity index (χ3v) is 6.21. The van der Waals surface area contributed by atoms with Crippen LogP contribution in [0.1, 0.15) is 49.7 Å². The van der Waals surface area contributed by atoms with Crippen LogP contribution in [0.25, 0.3) is 0 Å². The highest BCUT2D eigenvalue weighted by molar-refractivity contribution is 5.30. The lowest BCUT2D eigenvalue weighted by molar-refractivity contribution is 0.115. The molecule has 26 heavy (non-hydrogen) atoms. The van der Waals surface area contributed by atoms with Gasteiger partial charge in [0.2, 0.25) is 0 Å². The predicted octanol–water partition coefficient (Wildman–Crippen LogP) is 4.28. The number of fused-ring (bicyclic) bond motifs is 2. The zero-order valence-electron chi connectivity index (χ0n) is 15.6. The van der Waals surface area contributed by atoms with Crippen LogP contribution < -0.4 is 5.32 Å². The van der Waals surface area contributed by atoms with Gasteiger partial charge in [-0.3, -0.25) is 4.90 Å². The molecule has 2 aromatic rings. The summed E-state index contributed by atoms with van der Waals surface area (Å²) >= 11 is 0. The first-order chi connectivity index (χ1) is 12.7. The third kappa shape index (κ3) is 3.94. The maximum absolute atomic E-state index is 9.80. The van der Waals surface area contributed by atoms with Crippen molar-refractivity contribution in [3.8, 4) is 5.75 Å². The van der Waals surface area contributed by atoms with E-state index in [4.69, 9.17) is 0 Å². The van der Waals surface area contributed by atoms with Crippen molar-refractivity contribution in [2.45, 2.75) is 63.2 Å². The van der Waals surface area contributed by atoms with Crippen LogP contribution in [0, 0.1) is 0 Å². The molecule has 2 aliphatic rings. The van der Waals surface area contributed by atoms with Gasteiger partial charge in [0, 0.05) is 31.2 Å². The molecule has 2 bridgehead atoms. The first-order valence-electron chi connectivity index (χ1n) is 10.0. The molecular weight excluding hydrogens is 320 g/mol. The van der Waals surface area contributed by atoms with Gasteiger partial charge in [0.1, 0.15) is 5.75 Å². The van der Waals surface area contributed by atoms with Crippen LogP contribution in [0.3, 0.4) is 0 Å². The maximum atomic E-state index is 9.80. The molecule has 2 saturated heterocycles. The molecule has 0 aromatic heterocycles.